The number of nitrogens with zero attached hydrogens (tertiary/aromatic N) is 4. The smallest absolute Gasteiger partial charge is 0.254 e. The predicted molar refractivity (Wildman–Crippen MR) is 79.2 cm³/mol. The van der Waals surface area contributed by atoms with Gasteiger partial charge in [-0.15, -0.1) is 0 Å². The van der Waals surface area contributed by atoms with E-state index in [2.05, 4.69) is 30.6 Å². The molecule has 1 amide bonds. The molecule has 0 fully saturated rings. The number of hydrogen-bond donors (Lipinski definition) is 2. The number of aryl methyl sites for hydroxylation is 3. The summed E-state index contributed by atoms with van der Waals surface area (Å²) in [6.45, 7) is 5.47. The van der Waals surface area contributed by atoms with Gasteiger partial charge in [0.05, 0.1) is 11.3 Å². The summed E-state index contributed by atoms with van der Waals surface area (Å²) < 4.78 is 0. The van der Waals surface area contributed by atoms with Crippen molar-refractivity contribution in [2.45, 2.75) is 20.8 Å². The molecule has 0 aliphatic carbocycles. The second-order valence-corrected chi connectivity index (χ2v) is 4.34. The average Bonchev–Trinajstić information content (AvgIpc) is 2.36. The normalized spacial score (nSPS) is 10.2. The van der Waals surface area contributed by atoms with E-state index in [4.69, 9.17) is 0 Å². The number of amides is 1. The molecule has 7 nitrogen and oxygen atoms in total. The van der Waals surface area contributed by atoms with Gasteiger partial charge in [-0.05, 0) is 20.8 Å². The van der Waals surface area contributed by atoms with Gasteiger partial charge in [0.25, 0.3) is 5.91 Å². The van der Waals surface area contributed by atoms with Crippen molar-refractivity contribution in [3.63, 3.8) is 0 Å². The van der Waals surface area contributed by atoms with Crippen LogP contribution in [0.2, 0.25) is 0 Å². The standard InChI is InChI=1S/C13H16N6O.2H2/c1-7-5-11(18-9(3)16-7)19-13-15-6-10(8(2)17-13)12(20)14-4;;/h5-6H,1-4H3,(H,14,20)(H,15,16,17,18,19);2*1H. The van der Waals surface area contributed by atoms with Gasteiger partial charge in [-0.25, -0.2) is 19.9 Å². The number of hydrogen-bond acceptors (Lipinski definition) is 6. The summed E-state index contributed by atoms with van der Waals surface area (Å²) in [6, 6.07) is 1.80. The van der Waals surface area contributed by atoms with Crippen LogP contribution in [0.4, 0.5) is 11.8 Å². The van der Waals surface area contributed by atoms with E-state index in [1.54, 1.807) is 20.0 Å². The Morgan fingerprint density at radius 1 is 1.20 bits per heavy atom. The van der Waals surface area contributed by atoms with Crippen molar-refractivity contribution in [1.29, 1.82) is 0 Å². The molecule has 0 spiro atoms. The third kappa shape index (κ3) is 3.05. The summed E-state index contributed by atoms with van der Waals surface area (Å²) >= 11 is 0. The van der Waals surface area contributed by atoms with Gasteiger partial charge in [0.2, 0.25) is 5.95 Å². The van der Waals surface area contributed by atoms with Crippen molar-refractivity contribution >= 4 is 17.7 Å². The molecule has 0 atom stereocenters. The van der Waals surface area contributed by atoms with Crippen molar-refractivity contribution < 1.29 is 7.65 Å². The maximum atomic E-state index is 11.6. The van der Waals surface area contributed by atoms with Crippen molar-refractivity contribution in [2.75, 3.05) is 12.4 Å². The Morgan fingerprint density at radius 3 is 2.55 bits per heavy atom. The second-order valence-electron chi connectivity index (χ2n) is 4.34. The summed E-state index contributed by atoms with van der Waals surface area (Å²) in [4.78, 5) is 28.4. The number of anilines is 2. The Bertz CT molecular complexity index is 645. The third-order valence-electron chi connectivity index (χ3n) is 2.66. The van der Waals surface area contributed by atoms with Crippen LogP contribution in [0.1, 0.15) is 30.4 Å². The molecule has 0 bridgehead atoms. The minimum Gasteiger partial charge on any atom is -0.355 e. The maximum absolute atomic E-state index is 11.6. The van der Waals surface area contributed by atoms with E-state index in [0.29, 0.717) is 28.8 Å². The summed E-state index contributed by atoms with van der Waals surface area (Å²) in [7, 11) is 1.57. The first-order valence-corrected chi connectivity index (χ1v) is 6.14. The van der Waals surface area contributed by atoms with Crippen LogP contribution in [-0.2, 0) is 0 Å². The molecule has 2 aromatic rings. The zero-order chi connectivity index (χ0) is 14.7. The molecule has 2 aromatic heterocycles. The number of rotatable bonds is 3. The molecule has 0 radical (unpaired) electrons. The Morgan fingerprint density at radius 2 is 1.95 bits per heavy atom. The van der Waals surface area contributed by atoms with Crippen LogP contribution in [0.5, 0.6) is 0 Å². The van der Waals surface area contributed by atoms with Crippen LogP contribution < -0.4 is 10.6 Å². The Hall–Kier alpha value is -2.57. The van der Waals surface area contributed by atoms with Crippen molar-refractivity contribution in [3.8, 4) is 0 Å². The quantitative estimate of drug-likeness (QED) is 0.887. The molecule has 0 aromatic carbocycles. The van der Waals surface area contributed by atoms with Crippen LogP contribution in [0.3, 0.4) is 0 Å². The predicted octanol–water partition coefficient (Wildman–Crippen LogP) is 1.79. The molecule has 2 N–H and O–H groups in total. The van der Waals surface area contributed by atoms with Gasteiger partial charge in [0, 0.05) is 27.9 Å². The molecule has 7 heteroatoms. The van der Waals surface area contributed by atoms with Crippen molar-refractivity contribution in [3.05, 3.63) is 35.0 Å². The van der Waals surface area contributed by atoms with Crippen LogP contribution in [0, 0.1) is 20.8 Å². The lowest BCUT2D eigenvalue weighted by Crippen LogP contribution is -2.20. The van der Waals surface area contributed by atoms with E-state index >= 15 is 0 Å². The molecule has 0 aliphatic rings. The van der Waals surface area contributed by atoms with Gasteiger partial charge in [0.15, 0.2) is 0 Å². The first-order chi connectivity index (χ1) is 9.49. The van der Waals surface area contributed by atoms with Crippen LogP contribution in [0.15, 0.2) is 12.3 Å². The highest BCUT2D eigenvalue weighted by Gasteiger charge is 2.10. The Balaban J connectivity index is 0.00000220. The van der Waals surface area contributed by atoms with Crippen LogP contribution >= 0.6 is 0 Å². The SMILES string of the molecule is CNC(=O)c1cnc(Nc2cc(C)nc(C)n2)nc1C.[HH].[HH]. The summed E-state index contributed by atoms with van der Waals surface area (Å²) in [5.74, 6) is 1.49. The molecule has 0 aliphatic heterocycles. The lowest BCUT2D eigenvalue weighted by molar-refractivity contribution is 0.0961. The van der Waals surface area contributed by atoms with Gasteiger partial charge in [-0.2, -0.15) is 0 Å². The lowest BCUT2D eigenvalue weighted by atomic mass is 10.2. The van der Waals surface area contributed by atoms with Crippen LogP contribution in [0.25, 0.3) is 0 Å². The lowest BCUT2D eigenvalue weighted by Gasteiger charge is -2.08. The van der Waals surface area contributed by atoms with Gasteiger partial charge in [-0.1, -0.05) is 0 Å². The molecule has 2 rings (SSSR count). The number of aromatic nitrogens is 4. The van der Waals surface area contributed by atoms with E-state index < -0.39 is 0 Å². The summed E-state index contributed by atoms with van der Waals surface area (Å²) in [5.41, 5.74) is 1.91. The fourth-order valence-electron chi connectivity index (χ4n) is 1.78. The zero-order valence-electron chi connectivity index (χ0n) is 11.9. The minimum atomic E-state index is -0.206. The topological polar surface area (TPSA) is 92.7 Å². The largest absolute Gasteiger partial charge is 0.355 e. The molecule has 0 saturated heterocycles. The Kier molecular flexibility index (Phi) is 3.88. The molecule has 0 unspecified atom stereocenters. The van der Waals surface area contributed by atoms with E-state index in [1.807, 2.05) is 13.8 Å². The number of carbonyl (C=O) groups is 1. The zero-order valence-corrected chi connectivity index (χ0v) is 11.9. The van der Waals surface area contributed by atoms with E-state index in [-0.39, 0.29) is 8.76 Å². The molecular weight excluding hydrogens is 256 g/mol. The number of carbonyl (C=O) groups excluding carboxylic acids is 1. The fraction of sp³-hybridized carbons (Fsp3) is 0.308. The molecule has 0 saturated carbocycles. The highest BCUT2D eigenvalue weighted by atomic mass is 16.1. The first kappa shape index (κ1) is 13.9. The van der Waals surface area contributed by atoms with E-state index in [0.717, 1.165) is 5.69 Å². The van der Waals surface area contributed by atoms with Crippen molar-refractivity contribution in [2.24, 2.45) is 0 Å². The number of nitrogens with one attached hydrogen (secondary N) is 2. The van der Waals surface area contributed by atoms with E-state index in [9.17, 15) is 4.79 Å². The van der Waals surface area contributed by atoms with Gasteiger partial charge in [-0.3, -0.25) is 4.79 Å². The monoisotopic (exact) mass is 276 g/mol. The first-order valence-electron chi connectivity index (χ1n) is 6.14. The summed E-state index contributed by atoms with van der Waals surface area (Å²) in [5, 5.41) is 5.55. The van der Waals surface area contributed by atoms with Gasteiger partial charge >= 0.3 is 0 Å². The van der Waals surface area contributed by atoms with Gasteiger partial charge in [0.1, 0.15) is 11.6 Å². The Labute approximate surface area is 119 Å². The summed E-state index contributed by atoms with van der Waals surface area (Å²) in [6.07, 6.45) is 1.49. The highest BCUT2D eigenvalue weighted by Crippen LogP contribution is 2.13. The third-order valence-corrected chi connectivity index (χ3v) is 2.66. The van der Waals surface area contributed by atoms with Crippen LogP contribution in [-0.4, -0.2) is 32.9 Å². The second kappa shape index (κ2) is 5.60. The van der Waals surface area contributed by atoms with Crippen molar-refractivity contribution in [1.82, 2.24) is 25.3 Å². The molecule has 2 heterocycles. The molecule has 108 valence electrons. The highest BCUT2D eigenvalue weighted by molar-refractivity contribution is 5.94. The fourth-order valence-corrected chi connectivity index (χ4v) is 1.78. The van der Waals surface area contributed by atoms with Gasteiger partial charge < -0.3 is 10.6 Å². The van der Waals surface area contributed by atoms with E-state index in [1.165, 1.54) is 6.20 Å². The minimum absolute atomic E-state index is 0. The molecular formula is C13H20N6O. The average molecular weight is 276 g/mol. The maximum Gasteiger partial charge on any atom is 0.254 e. The molecule has 20 heavy (non-hydrogen) atoms.